The summed E-state index contributed by atoms with van der Waals surface area (Å²) >= 11 is 0. The number of hydrogen-bond acceptors (Lipinski definition) is 4. The van der Waals surface area contributed by atoms with Crippen LogP contribution < -0.4 is 10.6 Å². The van der Waals surface area contributed by atoms with Crippen molar-refractivity contribution < 1.29 is 4.52 Å². The normalized spacial score (nSPS) is 11.8. The predicted octanol–water partition coefficient (Wildman–Crippen LogP) is 2.92. The second-order valence-electron chi connectivity index (χ2n) is 6.23. The topological polar surface area (TPSA) is 75.3 Å². The third-order valence-electron chi connectivity index (χ3n) is 3.71. The second kappa shape index (κ2) is 10.5. The van der Waals surface area contributed by atoms with Crippen LogP contribution in [0.3, 0.4) is 0 Å². The van der Waals surface area contributed by atoms with Crippen LogP contribution in [0.1, 0.15) is 50.4 Å². The van der Waals surface area contributed by atoms with Crippen molar-refractivity contribution in [2.24, 2.45) is 4.99 Å². The molecule has 1 aromatic carbocycles. The van der Waals surface area contributed by atoms with Gasteiger partial charge >= 0.3 is 0 Å². The first-order valence-corrected chi connectivity index (χ1v) is 9.07. The van der Waals surface area contributed by atoms with E-state index in [1.165, 1.54) is 5.56 Å². The number of aryl methyl sites for hydroxylation is 1. The van der Waals surface area contributed by atoms with E-state index < -0.39 is 0 Å². The molecule has 2 rings (SSSR count). The van der Waals surface area contributed by atoms with Crippen LogP contribution in [0.25, 0.3) is 0 Å². The fraction of sp³-hybridized carbons (Fsp3) is 0.526. The van der Waals surface area contributed by atoms with Gasteiger partial charge in [-0.3, -0.25) is 4.99 Å². The third-order valence-corrected chi connectivity index (χ3v) is 3.71. The molecule has 0 unspecified atom stereocenters. The summed E-state index contributed by atoms with van der Waals surface area (Å²) in [7, 11) is 0. The Hall–Kier alpha value is -2.37. The molecule has 0 atom stereocenters. The molecule has 0 saturated carbocycles. The summed E-state index contributed by atoms with van der Waals surface area (Å²) in [5, 5.41) is 10.6. The number of nitrogens with zero attached hydrogens (tertiary/aromatic N) is 3. The number of benzene rings is 1. The molecule has 0 radical (unpaired) electrons. The van der Waals surface area contributed by atoms with Crippen molar-refractivity contribution in [3.8, 4) is 0 Å². The van der Waals surface area contributed by atoms with Crippen LogP contribution in [0, 0.1) is 0 Å². The van der Waals surface area contributed by atoms with E-state index in [0.717, 1.165) is 37.7 Å². The van der Waals surface area contributed by atoms with Gasteiger partial charge in [-0.15, -0.1) is 0 Å². The van der Waals surface area contributed by atoms with Gasteiger partial charge < -0.3 is 15.2 Å². The molecule has 0 saturated heterocycles. The van der Waals surface area contributed by atoms with E-state index in [2.05, 4.69) is 70.8 Å². The van der Waals surface area contributed by atoms with Crippen molar-refractivity contribution in [2.75, 3.05) is 19.6 Å². The zero-order valence-corrected chi connectivity index (χ0v) is 15.5. The van der Waals surface area contributed by atoms with Gasteiger partial charge in [-0.2, -0.15) is 4.98 Å². The Bertz CT molecular complexity index is 636. The maximum atomic E-state index is 5.25. The van der Waals surface area contributed by atoms with Gasteiger partial charge in [0, 0.05) is 32.0 Å². The summed E-state index contributed by atoms with van der Waals surface area (Å²) in [6.07, 6.45) is 2.76. The Labute approximate surface area is 150 Å². The van der Waals surface area contributed by atoms with Crippen molar-refractivity contribution in [3.05, 3.63) is 47.6 Å². The van der Waals surface area contributed by atoms with Crippen molar-refractivity contribution in [2.45, 2.75) is 46.0 Å². The molecule has 2 N–H and O–H groups in total. The third kappa shape index (κ3) is 6.95. The molecule has 1 heterocycles. The van der Waals surface area contributed by atoms with E-state index in [4.69, 9.17) is 4.52 Å². The minimum atomic E-state index is 0.286. The molecule has 0 aliphatic carbocycles. The van der Waals surface area contributed by atoms with Gasteiger partial charge in [0.05, 0.1) is 0 Å². The lowest BCUT2D eigenvalue weighted by atomic mass is 10.1. The monoisotopic (exact) mass is 343 g/mol. The SMILES string of the molecule is CCNC(=NCCCc1ccccc1)NCCc1nc(C(C)C)no1. The van der Waals surface area contributed by atoms with Crippen molar-refractivity contribution in [1.29, 1.82) is 0 Å². The summed E-state index contributed by atoms with van der Waals surface area (Å²) < 4.78 is 5.25. The standard InChI is InChI=1S/C19H29N5O/c1-4-20-19(21-13-8-11-16-9-6-5-7-10-16)22-14-12-17-23-18(15(2)3)24-25-17/h5-7,9-10,15H,4,8,11-14H2,1-3H3,(H2,20,21,22). The molecule has 0 aliphatic rings. The highest BCUT2D eigenvalue weighted by Crippen LogP contribution is 2.09. The Kier molecular flexibility index (Phi) is 7.95. The first kappa shape index (κ1) is 19.0. The first-order chi connectivity index (χ1) is 12.2. The molecule has 1 aromatic heterocycles. The lowest BCUT2D eigenvalue weighted by molar-refractivity contribution is 0.371. The number of rotatable bonds is 9. The quantitative estimate of drug-likeness (QED) is 0.416. The smallest absolute Gasteiger partial charge is 0.228 e. The zero-order chi connectivity index (χ0) is 17.9. The Morgan fingerprint density at radius 1 is 1.16 bits per heavy atom. The van der Waals surface area contributed by atoms with Crippen LogP contribution in [0.4, 0.5) is 0 Å². The van der Waals surface area contributed by atoms with Crippen LogP contribution >= 0.6 is 0 Å². The minimum absolute atomic E-state index is 0.286. The number of guanidine groups is 1. The van der Waals surface area contributed by atoms with Gasteiger partial charge in [-0.05, 0) is 25.3 Å². The summed E-state index contributed by atoms with van der Waals surface area (Å²) in [5.74, 6) is 2.54. The van der Waals surface area contributed by atoms with Gasteiger partial charge in [-0.25, -0.2) is 0 Å². The molecule has 0 bridgehead atoms. The van der Waals surface area contributed by atoms with Crippen LogP contribution in [-0.4, -0.2) is 35.7 Å². The zero-order valence-electron chi connectivity index (χ0n) is 15.5. The summed E-state index contributed by atoms with van der Waals surface area (Å²) in [6, 6.07) is 10.5. The van der Waals surface area contributed by atoms with Crippen LogP contribution in [-0.2, 0) is 12.8 Å². The maximum absolute atomic E-state index is 5.25. The molecule has 0 fully saturated rings. The molecular weight excluding hydrogens is 314 g/mol. The molecule has 6 nitrogen and oxygen atoms in total. The molecule has 0 amide bonds. The minimum Gasteiger partial charge on any atom is -0.357 e. The van der Waals surface area contributed by atoms with Crippen molar-refractivity contribution in [3.63, 3.8) is 0 Å². The average molecular weight is 343 g/mol. The molecular formula is C19H29N5O. The highest BCUT2D eigenvalue weighted by Gasteiger charge is 2.09. The van der Waals surface area contributed by atoms with Crippen molar-refractivity contribution >= 4 is 5.96 Å². The lowest BCUT2D eigenvalue weighted by Gasteiger charge is -2.10. The number of aromatic nitrogens is 2. The molecule has 0 spiro atoms. The summed E-state index contributed by atoms with van der Waals surface area (Å²) in [4.78, 5) is 9.00. The molecule has 25 heavy (non-hydrogen) atoms. The lowest BCUT2D eigenvalue weighted by Crippen LogP contribution is -2.38. The van der Waals surface area contributed by atoms with Gasteiger partial charge in [0.1, 0.15) is 0 Å². The van der Waals surface area contributed by atoms with E-state index >= 15 is 0 Å². The highest BCUT2D eigenvalue weighted by atomic mass is 16.5. The van der Waals surface area contributed by atoms with E-state index in [1.54, 1.807) is 0 Å². The van der Waals surface area contributed by atoms with Crippen LogP contribution in [0.5, 0.6) is 0 Å². The number of hydrogen-bond donors (Lipinski definition) is 2. The van der Waals surface area contributed by atoms with Crippen LogP contribution in [0.15, 0.2) is 39.8 Å². The first-order valence-electron chi connectivity index (χ1n) is 9.07. The van der Waals surface area contributed by atoms with Gasteiger partial charge in [0.15, 0.2) is 11.8 Å². The van der Waals surface area contributed by atoms with Crippen LogP contribution in [0.2, 0.25) is 0 Å². The number of nitrogens with one attached hydrogen (secondary N) is 2. The summed E-state index contributed by atoms with van der Waals surface area (Å²) in [5.41, 5.74) is 1.35. The fourth-order valence-electron chi connectivity index (χ4n) is 2.35. The maximum Gasteiger partial charge on any atom is 0.228 e. The van der Waals surface area contributed by atoms with E-state index in [9.17, 15) is 0 Å². The fourth-order valence-corrected chi connectivity index (χ4v) is 2.35. The number of aliphatic imine (C=N–C) groups is 1. The molecule has 6 heteroatoms. The molecule has 2 aromatic rings. The van der Waals surface area contributed by atoms with Gasteiger partial charge in [0.25, 0.3) is 0 Å². The summed E-state index contributed by atoms with van der Waals surface area (Å²) in [6.45, 7) is 8.51. The molecule has 0 aliphatic heterocycles. The van der Waals surface area contributed by atoms with Gasteiger partial charge in [-0.1, -0.05) is 49.3 Å². The van der Waals surface area contributed by atoms with E-state index in [-0.39, 0.29) is 5.92 Å². The Morgan fingerprint density at radius 2 is 1.96 bits per heavy atom. The second-order valence-corrected chi connectivity index (χ2v) is 6.23. The highest BCUT2D eigenvalue weighted by molar-refractivity contribution is 5.79. The van der Waals surface area contributed by atoms with E-state index in [0.29, 0.717) is 18.9 Å². The van der Waals surface area contributed by atoms with Crippen molar-refractivity contribution in [1.82, 2.24) is 20.8 Å². The average Bonchev–Trinajstić information content (AvgIpc) is 3.09. The Balaban J connectivity index is 1.73. The Morgan fingerprint density at radius 3 is 2.64 bits per heavy atom. The molecule has 136 valence electrons. The van der Waals surface area contributed by atoms with Gasteiger partial charge in [0.2, 0.25) is 5.89 Å². The largest absolute Gasteiger partial charge is 0.357 e. The van der Waals surface area contributed by atoms with E-state index in [1.807, 2.05) is 6.07 Å². The predicted molar refractivity (Wildman–Crippen MR) is 101 cm³/mol.